The number of benzene rings is 1. The summed E-state index contributed by atoms with van der Waals surface area (Å²) in [6.45, 7) is 8.73. The molecule has 0 saturated heterocycles. The van der Waals surface area contributed by atoms with Gasteiger partial charge in [0.05, 0.1) is 12.2 Å². The second-order valence-corrected chi connectivity index (χ2v) is 5.81. The second kappa shape index (κ2) is 6.35. The maximum absolute atomic E-state index is 5.88. The fourth-order valence-electron chi connectivity index (χ4n) is 1.82. The van der Waals surface area contributed by atoms with E-state index in [0.29, 0.717) is 11.6 Å². The molecule has 0 spiro atoms. The molecule has 0 bridgehead atoms. The first-order valence-electron chi connectivity index (χ1n) is 6.36. The minimum atomic E-state index is -0.166. The van der Waals surface area contributed by atoms with Crippen molar-refractivity contribution in [3.8, 4) is 5.75 Å². The van der Waals surface area contributed by atoms with Crippen LogP contribution in [-0.4, -0.2) is 24.3 Å². The highest BCUT2D eigenvalue weighted by Gasteiger charge is 2.17. The Labute approximate surface area is 121 Å². The average Bonchev–Trinajstić information content (AvgIpc) is 2.32. The number of methoxy groups -OCH3 is 1. The first-order valence-corrected chi connectivity index (χ1v) is 6.76. The van der Waals surface area contributed by atoms with Gasteiger partial charge in [0.2, 0.25) is 0 Å². The third kappa shape index (κ3) is 4.48. The lowest BCUT2D eigenvalue weighted by Crippen LogP contribution is -2.25. The van der Waals surface area contributed by atoms with Crippen molar-refractivity contribution in [3.63, 3.8) is 0 Å². The molecule has 106 valence electrons. The first-order chi connectivity index (χ1) is 8.76. The van der Waals surface area contributed by atoms with Crippen molar-refractivity contribution in [2.45, 2.75) is 39.7 Å². The van der Waals surface area contributed by atoms with Gasteiger partial charge in [-0.3, -0.25) is 0 Å². The number of thiocarbonyl (C=S) groups is 1. The Hall–Kier alpha value is -1.13. The Morgan fingerprint density at radius 1 is 1.26 bits per heavy atom. The number of nitrogens with two attached hydrogens (primary N) is 1. The van der Waals surface area contributed by atoms with Gasteiger partial charge in [0, 0.05) is 19.1 Å². The van der Waals surface area contributed by atoms with Gasteiger partial charge in [-0.2, -0.15) is 0 Å². The van der Waals surface area contributed by atoms with E-state index in [4.69, 9.17) is 27.4 Å². The molecule has 19 heavy (non-hydrogen) atoms. The van der Waals surface area contributed by atoms with Gasteiger partial charge in [-0.15, -0.1) is 0 Å². The highest BCUT2D eigenvalue weighted by Crippen LogP contribution is 2.25. The molecule has 1 rings (SSSR count). The summed E-state index contributed by atoms with van der Waals surface area (Å²) >= 11 is 5.00. The van der Waals surface area contributed by atoms with Gasteiger partial charge >= 0.3 is 0 Å². The summed E-state index contributed by atoms with van der Waals surface area (Å²) in [5.74, 6) is 0.909. The molecular formula is C15H23NO2S. The maximum Gasteiger partial charge on any atom is 0.125 e. The van der Waals surface area contributed by atoms with E-state index in [-0.39, 0.29) is 5.60 Å². The van der Waals surface area contributed by atoms with Gasteiger partial charge in [-0.25, -0.2) is 0 Å². The molecule has 0 unspecified atom stereocenters. The van der Waals surface area contributed by atoms with Crippen molar-refractivity contribution in [3.05, 3.63) is 28.8 Å². The fraction of sp³-hybridized carbons (Fsp3) is 0.533. The van der Waals surface area contributed by atoms with Crippen molar-refractivity contribution in [2.24, 2.45) is 5.73 Å². The molecule has 2 N–H and O–H groups in total. The summed E-state index contributed by atoms with van der Waals surface area (Å²) in [6.07, 6.45) is 0.833. The standard InChI is InChI=1S/C15H23NO2S/c1-10-8-12(14(16)19)9-11(2)13(10)18-7-6-15(3,4)17-5/h8-9H,6-7H2,1-5H3,(H2,16,19). The molecule has 4 heteroatoms. The van der Waals surface area contributed by atoms with Crippen molar-refractivity contribution < 1.29 is 9.47 Å². The fourth-order valence-corrected chi connectivity index (χ4v) is 1.94. The monoisotopic (exact) mass is 281 g/mol. The molecule has 0 atom stereocenters. The number of hydrogen-bond acceptors (Lipinski definition) is 3. The first kappa shape index (κ1) is 15.9. The van der Waals surface area contributed by atoms with Crippen LogP contribution in [0.3, 0.4) is 0 Å². The van der Waals surface area contributed by atoms with Gasteiger partial charge in [-0.05, 0) is 51.0 Å². The van der Waals surface area contributed by atoms with E-state index in [1.54, 1.807) is 7.11 Å². The number of ether oxygens (including phenoxy) is 2. The van der Waals surface area contributed by atoms with Gasteiger partial charge in [-0.1, -0.05) is 12.2 Å². The van der Waals surface area contributed by atoms with Gasteiger partial charge in [0.1, 0.15) is 10.7 Å². The Morgan fingerprint density at radius 3 is 2.21 bits per heavy atom. The van der Waals surface area contributed by atoms with E-state index < -0.39 is 0 Å². The van der Waals surface area contributed by atoms with Crippen LogP contribution in [0, 0.1) is 13.8 Å². The van der Waals surface area contributed by atoms with Crippen LogP contribution in [0.4, 0.5) is 0 Å². The minimum absolute atomic E-state index is 0.166. The predicted molar refractivity (Wildman–Crippen MR) is 83.0 cm³/mol. The summed E-state index contributed by atoms with van der Waals surface area (Å²) in [7, 11) is 1.72. The lowest BCUT2D eigenvalue weighted by Gasteiger charge is -2.23. The van der Waals surface area contributed by atoms with Crippen LogP contribution in [0.15, 0.2) is 12.1 Å². The van der Waals surface area contributed by atoms with Crippen molar-refractivity contribution in [2.75, 3.05) is 13.7 Å². The average molecular weight is 281 g/mol. The molecule has 1 aromatic rings. The van der Waals surface area contributed by atoms with Crippen molar-refractivity contribution in [1.29, 1.82) is 0 Å². The summed E-state index contributed by atoms with van der Waals surface area (Å²) in [5.41, 5.74) is 8.48. The molecule has 1 aromatic carbocycles. The van der Waals surface area contributed by atoms with E-state index in [1.165, 1.54) is 0 Å². The SMILES string of the molecule is COC(C)(C)CCOc1c(C)cc(C(N)=S)cc1C. The molecule has 0 saturated carbocycles. The van der Waals surface area contributed by atoms with Gasteiger partial charge in [0.25, 0.3) is 0 Å². The molecule has 0 heterocycles. The summed E-state index contributed by atoms with van der Waals surface area (Å²) in [4.78, 5) is 0.415. The number of aryl methyl sites for hydroxylation is 2. The Bertz CT molecular complexity index is 446. The second-order valence-electron chi connectivity index (χ2n) is 5.37. The molecule has 3 nitrogen and oxygen atoms in total. The normalized spacial score (nSPS) is 11.4. The Morgan fingerprint density at radius 2 is 1.79 bits per heavy atom. The van der Waals surface area contributed by atoms with Crippen molar-refractivity contribution >= 4 is 17.2 Å². The third-order valence-corrected chi connectivity index (χ3v) is 3.48. The molecule has 0 aliphatic carbocycles. The predicted octanol–water partition coefficient (Wildman–Crippen LogP) is 3.13. The molecule has 0 aliphatic rings. The van der Waals surface area contributed by atoms with Crippen LogP contribution in [0.2, 0.25) is 0 Å². The topological polar surface area (TPSA) is 44.5 Å². The largest absolute Gasteiger partial charge is 0.493 e. The zero-order valence-corrected chi connectivity index (χ0v) is 13.2. The molecular weight excluding hydrogens is 258 g/mol. The zero-order valence-electron chi connectivity index (χ0n) is 12.4. The van der Waals surface area contributed by atoms with Crippen LogP contribution in [0.25, 0.3) is 0 Å². The van der Waals surface area contributed by atoms with Crippen LogP contribution in [0.1, 0.15) is 37.0 Å². The molecule has 0 radical (unpaired) electrons. The quantitative estimate of drug-likeness (QED) is 0.814. The smallest absolute Gasteiger partial charge is 0.125 e. The van der Waals surface area contributed by atoms with Crippen LogP contribution in [0.5, 0.6) is 5.75 Å². The van der Waals surface area contributed by atoms with Gasteiger partial charge < -0.3 is 15.2 Å². The summed E-state index contributed by atoms with van der Waals surface area (Å²) in [6, 6.07) is 3.93. The minimum Gasteiger partial charge on any atom is -0.493 e. The molecule has 0 fully saturated rings. The summed E-state index contributed by atoms with van der Waals surface area (Å²) < 4.78 is 11.2. The zero-order chi connectivity index (χ0) is 14.6. The maximum atomic E-state index is 5.88. The molecule has 0 aromatic heterocycles. The van der Waals surface area contributed by atoms with Crippen LogP contribution < -0.4 is 10.5 Å². The van der Waals surface area contributed by atoms with E-state index in [9.17, 15) is 0 Å². The highest BCUT2D eigenvalue weighted by atomic mass is 32.1. The van der Waals surface area contributed by atoms with Crippen LogP contribution >= 0.6 is 12.2 Å². The third-order valence-electron chi connectivity index (χ3n) is 3.25. The number of hydrogen-bond donors (Lipinski definition) is 1. The van der Waals surface area contributed by atoms with Crippen molar-refractivity contribution in [1.82, 2.24) is 0 Å². The van der Waals surface area contributed by atoms with E-state index in [0.717, 1.165) is 28.9 Å². The number of rotatable bonds is 6. The Balaban J connectivity index is 2.77. The van der Waals surface area contributed by atoms with E-state index in [2.05, 4.69) is 0 Å². The molecule has 0 amide bonds. The Kier molecular flexibility index (Phi) is 5.32. The van der Waals surface area contributed by atoms with Crippen LogP contribution in [-0.2, 0) is 4.74 Å². The lowest BCUT2D eigenvalue weighted by molar-refractivity contribution is 0.00534. The van der Waals surface area contributed by atoms with Gasteiger partial charge in [0.15, 0.2) is 0 Å². The van der Waals surface area contributed by atoms with E-state index >= 15 is 0 Å². The highest BCUT2D eigenvalue weighted by molar-refractivity contribution is 7.80. The molecule has 0 aliphatic heterocycles. The lowest BCUT2D eigenvalue weighted by atomic mass is 10.0. The van der Waals surface area contributed by atoms with E-state index in [1.807, 2.05) is 39.8 Å². The summed E-state index contributed by atoms with van der Waals surface area (Å²) in [5, 5.41) is 0.